The maximum atomic E-state index is 9.94. The smallest absolute Gasteiger partial charge is 0.222 e. The molecule has 0 saturated carbocycles. The topological polar surface area (TPSA) is 72.3 Å². The summed E-state index contributed by atoms with van der Waals surface area (Å²) in [7, 11) is 0. The van der Waals surface area contributed by atoms with E-state index in [1.807, 2.05) is 13.0 Å². The summed E-state index contributed by atoms with van der Waals surface area (Å²) in [6.07, 6.45) is 0. The van der Waals surface area contributed by atoms with Gasteiger partial charge in [-0.15, -0.1) is 0 Å². The fraction of sp³-hybridized carbons (Fsp3) is 0.308. The third-order valence-electron chi connectivity index (χ3n) is 2.81. The van der Waals surface area contributed by atoms with Crippen molar-refractivity contribution in [3.8, 4) is 17.0 Å². The number of aromatic nitrogens is 1. The number of hydrogen-bond donors (Lipinski definition) is 2. The Bertz CT molecular complexity index is 544. The predicted molar refractivity (Wildman–Crippen MR) is 66.8 cm³/mol. The van der Waals surface area contributed by atoms with Crippen LogP contribution in [-0.2, 0) is 0 Å². The number of rotatable bonds is 2. The van der Waals surface area contributed by atoms with Crippen molar-refractivity contribution in [1.29, 1.82) is 0 Å². The van der Waals surface area contributed by atoms with Crippen LogP contribution < -0.4 is 5.73 Å². The van der Waals surface area contributed by atoms with Gasteiger partial charge in [0.15, 0.2) is 0 Å². The molecule has 0 unspecified atom stereocenters. The second kappa shape index (κ2) is 4.13. The van der Waals surface area contributed by atoms with Crippen LogP contribution in [0.2, 0.25) is 0 Å². The van der Waals surface area contributed by atoms with Crippen LogP contribution >= 0.6 is 0 Å². The molecule has 1 aromatic heterocycles. The molecule has 0 atom stereocenters. The molecule has 0 aliphatic heterocycles. The van der Waals surface area contributed by atoms with Gasteiger partial charge in [0.05, 0.1) is 0 Å². The van der Waals surface area contributed by atoms with E-state index >= 15 is 0 Å². The lowest BCUT2D eigenvalue weighted by atomic mass is 9.94. The van der Waals surface area contributed by atoms with Gasteiger partial charge in [-0.2, -0.15) is 0 Å². The van der Waals surface area contributed by atoms with E-state index in [1.54, 1.807) is 12.1 Å². The van der Waals surface area contributed by atoms with Crippen molar-refractivity contribution in [2.24, 2.45) is 0 Å². The van der Waals surface area contributed by atoms with Crippen LogP contribution in [-0.4, -0.2) is 10.3 Å². The highest BCUT2D eigenvalue weighted by Gasteiger charge is 2.13. The average Bonchev–Trinajstić information content (AvgIpc) is 2.64. The molecule has 0 spiro atoms. The Hall–Kier alpha value is -1.97. The Labute approximate surface area is 100 Å². The number of aromatic hydroxyl groups is 1. The van der Waals surface area contributed by atoms with Crippen LogP contribution in [0.5, 0.6) is 5.75 Å². The average molecular weight is 232 g/mol. The largest absolute Gasteiger partial charge is 0.507 e. The van der Waals surface area contributed by atoms with Gasteiger partial charge in [0.1, 0.15) is 11.4 Å². The molecule has 0 aliphatic rings. The monoisotopic (exact) mass is 232 g/mol. The molecule has 4 heteroatoms. The Balaban J connectivity index is 2.58. The predicted octanol–water partition coefficient (Wildman–Crippen LogP) is 3.06. The standard InChI is InChI=1S/C13H16N2O2/c1-7(2)9-5-10(12(16)4-8(9)3)11-6-13(14)17-15-11/h4-7,16H,14H2,1-3H3. The van der Waals surface area contributed by atoms with Crippen LogP contribution in [0, 0.1) is 6.92 Å². The van der Waals surface area contributed by atoms with Crippen molar-refractivity contribution in [3.63, 3.8) is 0 Å². The van der Waals surface area contributed by atoms with Crippen molar-refractivity contribution in [2.45, 2.75) is 26.7 Å². The van der Waals surface area contributed by atoms with Gasteiger partial charge in [0, 0.05) is 11.6 Å². The summed E-state index contributed by atoms with van der Waals surface area (Å²) in [5, 5.41) is 13.8. The minimum atomic E-state index is 0.195. The van der Waals surface area contributed by atoms with E-state index in [0.29, 0.717) is 17.2 Å². The Morgan fingerprint density at radius 2 is 2.00 bits per heavy atom. The van der Waals surface area contributed by atoms with E-state index < -0.39 is 0 Å². The first-order chi connectivity index (χ1) is 7.99. The lowest BCUT2D eigenvalue weighted by Gasteiger charge is -2.12. The number of nitrogens with two attached hydrogens (primary N) is 1. The Morgan fingerprint density at radius 3 is 2.53 bits per heavy atom. The van der Waals surface area contributed by atoms with Crippen LogP contribution in [0.15, 0.2) is 22.7 Å². The zero-order chi connectivity index (χ0) is 12.6. The van der Waals surface area contributed by atoms with Gasteiger partial charge in [-0.05, 0) is 36.1 Å². The summed E-state index contributed by atoms with van der Waals surface area (Å²) < 4.78 is 4.82. The second-order valence-electron chi connectivity index (χ2n) is 4.50. The molecule has 0 fully saturated rings. The molecule has 2 aromatic rings. The normalized spacial score (nSPS) is 11.1. The third-order valence-corrected chi connectivity index (χ3v) is 2.81. The van der Waals surface area contributed by atoms with Crippen molar-refractivity contribution in [2.75, 3.05) is 5.73 Å². The molecule has 0 bridgehead atoms. The van der Waals surface area contributed by atoms with E-state index in [0.717, 1.165) is 5.56 Å². The van der Waals surface area contributed by atoms with Gasteiger partial charge in [-0.25, -0.2) is 0 Å². The van der Waals surface area contributed by atoms with Gasteiger partial charge in [-0.3, -0.25) is 0 Å². The minimum absolute atomic E-state index is 0.195. The number of benzene rings is 1. The maximum Gasteiger partial charge on any atom is 0.222 e. The summed E-state index contributed by atoms with van der Waals surface area (Å²) in [6.45, 7) is 6.20. The molecule has 0 radical (unpaired) electrons. The van der Waals surface area contributed by atoms with Crippen molar-refractivity contribution in [3.05, 3.63) is 29.3 Å². The lowest BCUT2D eigenvalue weighted by Crippen LogP contribution is -1.93. The van der Waals surface area contributed by atoms with Gasteiger partial charge >= 0.3 is 0 Å². The van der Waals surface area contributed by atoms with Crippen molar-refractivity contribution in [1.82, 2.24) is 5.16 Å². The van der Waals surface area contributed by atoms with E-state index in [9.17, 15) is 5.11 Å². The summed E-state index contributed by atoms with van der Waals surface area (Å²) >= 11 is 0. The summed E-state index contributed by atoms with van der Waals surface area (Å²) in [5.74, 6) is 0.824. The molecule has 17 heavy (non-hydrogen) atoms. The van der Waals surface area contributed by atoms with Gasteiger partial charge in [-0.1, -0.05) is 19.0 Å². The van der Waals surface area contributed by atoms with Crippen LogP contribution in [0.1, 0.15) is 30.9 Å². The number of nitrogens with zero attached hydrogens (tertiary/aromatic N) is 1. The van der Waals surface area contributed by atoms with Gasteiger partial charge < -0.3 is 15.4 Å². The number of hydrogen-bond acceptors (Lipinski definition) is 4. The van der Waals surface area contributed by atoms with Crippen molar-refractivity contribution >= 4 is 5.88 Å². The van der Waals surface area contributed by atoms with Crippen LogP contribution in [0.3, 0.4) is 0 Å². The number of phenols is 1. The summed E-state index contributed by atoms with van der Waals surface area (Å²) in [6, 6.07) is 5.29. The van der Waals surface area contributed by atoms with Crippen LogP contribution in [0.25, 0.3) is 11.3 Å². The number of nitrogen functional groups attached to an aromatic ring is 1. The van der Waals surface area contributed by atoms with E-state index in [-0.39, 0.29) is 11.6 Å². The first kappa shape index (κ1) is 11.5. The molecule has 0 saturated heterocycles. The quantitative estimate of drug-likeness (QED) is 0.834. The number of anilines is 1. The third kappa shape index (κ3) is 2.11. The zero-order valence-corrected chi connectivity index (χ0v) is 10.2. The highest BCUT2D eigenvalue weighted by atomic mass is 16.5. The summed E-state index contributed by atoms with van der Waals surface area (Å²) in [4.78, 5) is 0. The lowest BCUT2D eigenvalue weighted by molar-refractivity contribution is 0.437. The molecule has 3 N–H and O–H groups in total. The van der Waals surface area contributed by atoms with Gasteiger partial charge in [0.2, 0.25) is 5.88 Å². The van der Waals surface area contributed by atoms with E-state index in [4.69, 9.17) is 10.3 Å². The molecule has 0 amide bonds. The molecule has 1 heterocycles. The van der Waals surface area contributed by atoms with E-state index in [2.05, 4.69) is 19.0 Å². The highest BCUT2D eigenvalue weighted by molar-refractivity contribution is 5.70. The second-order valence-corrected chi connectivity index (χ2v) is 4.50. The molecule has 0 aliphatic carbocycles. The molecule has 4 nitrogen and oxygen atoms in total. The fourth-order valence-corrected chi connectivity index (χ4v) is 1.95. The molecular weight excluding hydrogens is 216 g/mol. The molecule has 1 aromatic carbocycles. The van der Waals surface area contributed by atoms with Gasteiger partial charge in [0.25, 0.3) is 0 Å². The molecule has 90 valence electrons. The minimum Gasteiger partial charge on any atom is -0.507 e. The van der Waals surface area contributed by atoms with E-state index in [1.165, 1.54) is 5.56 Å². The first-order valence-electron chi connectivity index (χ1n) is 5.55. The highest BCUT2D eigenvalue weighted by Crippen LogP contribution is 2.34. The fourth-order valence-electron chi connectivity index (χ4n) is 1.95. The molecule has 2 rings (SSSR count). The van der Waals surface area contributed by atoms with Crippen LogP contribution in [0.4, 0.5) is 5.88 Å². The van der Waals surface area contributed by atoms with Crippen molar-refractivity contribution < 1.29 is 9.63 Å². The Morgan fingerprint density at radius 1 is 1.29 bits per heavy atom. The summed E-state index contributed by atoms with van der Waals surface area (Å²) in [5.41, 5.74) is 8.94. The SMILES string of the molecule is Cc1cc(O)c(-c2cc(N)on2)cc1C(C)C. The maximum absolute atomic E-state index is 9.94. The molecular formula is C13H16N2O2. The first-order valence-corrected chi connectivity index (χ1v) is 5.55. The number of phenolic OH excluding ortho intramolecular Hbond substituents is 1. The Kier molecular flexibility index (Phi) is 2.79. The number of aryl methyl sites for hydroxylation is 1. The zero-order valence-electron chi connectivity index (χ0n) is 10.2.